The van der Waals surface area contributed by atoms with Gasteiger partial charge in [0.25, 0.3) is 0 Å². The highest BCUT2D eigenvalue weighted by atomic mass is 127. The molecule has 32 heavy (non-hydrogen) atoms. The summed E-state index contributed by atoms with van der Waals surface area (Å²) in [6.45, 7) is 11.0. The predicted octanol–water partition coefficient (Wildman–Crippen LogP) is 4.91. The van der Waals surface area contributed by atoms with E-state index in [4.69, 9.17) is 16.3 Å². The van der Waals surface area contributed by atoms with Crippen LogP contribution in [-0.4, -0.2) is 61.3 Å². The number of ether oxygens (including phenoxy) is 1. The van der Waals surface area contributed by atoms with Gasteiger partial charge in [0.2, 0.25) is 0 Å². The second-order valence-electron chi connectivity index (χ2n) is 9.06. The minimum absolute atomic E-state index is 0.0274. The topological polar surface area (TPSA) is 76.4 Å². The second-order valence-corrected chi connectivity index (χ2v) is 10.7. The molecule has 8 nitrogen and oxygen atoms in total. The molecule has 3 aromatic heterocycles. The fraction of sp³-hybridized carbons (Fsp3) is 0.455. The van der Waals surface area contributed by atoms with Gasteiger partial charge in [0.1, 0.15) is 23.6 Å². The van der Waals surface area contributed by atoms with E-state index in [0.29, 0.717) is 23.9 Å². The molecule has 1 amide bonds. The first-order chi connectivity index (χ1) is 15.0. The fourth-order valence-corrected chi connectivity index (χ4v) is 4.83. The maximum atomic E-state index is 12.7. The molecule has 0 spiro atoms. The molecule has 0 unspecified atom stereocenters. The second kappa shape index (κ2) is 8.66. The first-order valence-electron chi connectivity index (χ1n) is 10.4. The smallest absolute Gasteiger partial charge is 0.410 e. The van der Waals surface area contributed by atoms with Crippen LogP contribution in [0.5, 0.6) is 0 Å². The zero-order valence-electron chi connectivity index (χ0n) is 18.7. The minimum Gasteiger partial charge on any atom is -0.444 e. The van der Waals surface area contributed by atoms with Gasteiger partial charge in [-0.25, -0.2) is 19.7 Å². The van der Waals surface area contributed by atoms with Gasteiger partial charge in [0.05, 0.1) is 5.39 Å². The van der Waals surface area contributed by atoms with Crippen LogP contribution in [0, 0.1) is 3.57 Å². The number of fused-ring (bicyclic) bond motifs is 1. The molecule has 10 heteroatoms. The number of hydrogen-bond donors (Lipinski definition) is 0. The van der Waals surface area contributed by atoms with Crippen LogP contribution in [0.15, 0.2) is 30.9 Å². The van der Waals surface area contributed by atoms with Crippen LogP contribution in [0.3, 0.4) is 0 Å². The van der Waals surface area contributed by atoms with E-state index < -0.39 is 5.60 Å². The summed E-state index contributed by atoms with van der Waals surface area (Å²) >= 11 is 8.49. The Kier molecular flexibility index (Phi) is 6.23. The number of halogens is 2. The first kappa shape index (κ1) is 23.0. The van der Waals surface area contributed by atoms with Gasteiger partial charge in [0, 0.05) is 52.2 Å². The van der Waals surface area contributed by atoms with Gasteiger partial charge in [-0.1, -0.05) is 11.6 Å². The third kappa shape index (κ3) is 4.50. The van der Waals surface area contributed by atoms with Crippen molar-refractivity contribution in [1.82, 2.24) is 24.4 Å². The summed E-state index contributed by atoms with van der Waals surface area (Å²) in [7, 11) is 0. The van der Waals surface area contributed by atoms with Crippen molar-refractivity contribution in [3.05, 3.63) is 39.4 Å². The lowest BCUT2D eigenvalue weighted by molar-refractivity contribution is 0.0130. The molecule has 0 saturated carbocycles. The van der Waals surface area contributed by atoms with Crippen LogP contribution in [0.2, 0.25) is 5.02 Å². The van der Waals surface area contributed by atoms with Crippen molar-refractivity contribution >= 4 is 57.1 Å². The zero-order chi connectivity index (χ0) is 23.2. The summed E-state index contributed by atoms with van der Waals surface area (Å²) in [5.74, 6) is 1.55. The standard InChI is InChI=1S/C22H26ClIN6O2/c1-13-10-29(21(31)32-22(3,4)5)14(2)9-28(13)19-18-16(24)11-30(20(18)27-12-26-19)17-8-15(23)6-7-25-17/h6-8,11-14H,9-10H2,1-5H3/t13-,14+/m0/s1. The largest absolute Gasteiger partial charge is 0.444 e. The molecule has 1 saturated heterocycles. The molecule has 1 aliphatic heterocycles. The molecule has 0 bridgehead atoms. The maximum absolute atomic E-state index is 12.7. The minimum atomic E-state index is -0.524. The fourth-order valence-electron chi connectivity index (χ4n) is 3.92. The lowest BCUT2D eigenvalue weighted by Crippen LogP contribution is -2.59. The van der Waals surface area contributed by atoms with Crippen LogP contribution in [0.4, 0.5) is 10.6 Å². The molecule has 0 aromatic carbocycles. The van der Waals surface area contributed by atoms with Crippen LogP contribution in [0.1, 0.15) is 34.6 Å². The average Bonchev–Trinajstić information content (AvgIpc) is 3.05. The number of anilines is 1. The van der Waals surface area contributed by atoms with Crippen molar-refractivity contribution in [1.29, 1.82) is 0 Å². The SMILES string of the molecule is C[C@@H]1CN(c2ncnc3c2c(I)cn3-c2cc(Cl)ccn2)[C@@H](C)CN1C(=O)OC(C)(C)C. The van der Waals surface area contributed by atoms with Crippen molar-refractivity contribution in [3.63, 3.8) is 0 Å². The first-order valence-corrected chi connectivity index (χ1v) is 11.9. The van der Waals surface area contributed by atoms with E-state index >= 15 is 0 Å². The van der Waals surface area contributed by atoms with Crippen LogP contribution < -0.4 is 4.90 Å². The van der Waals surface area contributed by atoms with Crippen LogP contribution in [-0.2, 0) is 4.74 Å². The number of hydrogen-bond acceptors (Lipinski definition) is 6. The van der Waals surface area contributed by atoms with Crippen molar-refractivity contribution in [2.45, 2.75) is 52.3 Å². The monoisotopic (exact) mass is 568 g/mol. The normalized spacial score (nSPS) is 19.5. The Balaban J connectivity index is 1.68. The average molecular weight is 569 g/mol. The van der Waals surface area contributed by atoms with Crippen molar-refractivity contribution in [2.24, 2.45) is 0 Å². The van der Waals surface area contributed by atoms with Crippen molar-refractivity contribution in [2.75, 3.05) is 18.0 Å². The molecule has 4 rings (SSSR count). The molecule has 0 aliphatic carbocycles. The number of rotatable bonds is 2. The maximum Gasteiger partial charge on any atom is 0.410 e. The van der Waals surface area contributed by atoms with E-state index in [0.717, 1.165) is 20.4 Å². The number of aromatic nitrogens is 4. The Hall–Kier alpha value is -2.14. The molecule has 1 fully saturated rings. The summed E-state index contributed by atoms with van der Waals surface area (Å²) in [5, 5.41) is 1.57. The highest BCUT2D eigenvalue weighted by Crippen LogP contribution is 2.34. The zero-order valence-corrected chi connectivity index (χ0v) is 21.6. The number of carbonyl (C=O) groups excluding carboxylic acids is 1. The van der Waals surface area contributed by atoms with E-state index in [1.807, 2.05) is 44.5 Å². The number of pyridine rings is 1. The molecule has 1 aliphatic rings. The Morgan fingerprint density at radius 1 is 1.19 bits per heavy atom. The Morgan fingerprint density at radius 2 is 1.94 bits per heavy atom. The van der Waals surface area contributed by atoms with Gasteiger partial charge in [0.15, 0.2) is 5.65 Å². The van der Waals surface area contributed by atoms with Crippen molar-refractivity contribution in [3.8, 4) is 5.82 Å². The molecule has 0 N–H and O–H groups in total. The molecule has 3 aromatic rings. The molecule has 4 heterocycles. The van der Waals surface area contributed by atoms with Gasteiger partial charge in [-0.15, -0.1) is 0 Å². The van der Waals surface area contributed by atoms with Gasteiger partial charge in [-0.05, 0) is 63.3 Å². The summed E-state index contributed by atoms with van der Waals surface area (Å²) in [5.41, 5.74) is 0.243. The summed E-state index contributed by atoms with van der Waals surface area (Å²) < 4.78 is 8.56. The van der Waals surface area contributed by atoms with E-state index in [2.05, 4.69) is 49.4 Å². The summed E-state index contributed by atoms with van der Waals surface area (Å²) in [6, 6.07) is 3.58. The molecule has 2 atom stereocenters. The van der Waals surface area contributed by atoms with Crippen LogP contribution in [0.25, 0.3) is 16.9 Å². The molecular formula is C22H26ClIN6O2. The van der Waals surface area contributed by atoms with E-state index in [9.17, 15) is 4.79 Å². The lowest BCUT2D eigenvalue weighted by atomic mass is 10.1. The number of piperazine rings is 1. The summed E-state index contributed by atoms with van der Waals surface area (Å²) in [4.78, 5) is 30.4. The molecule has 170 valence electrons. The van der Waals surface area contributed by atoms with Gasteiger partial charge in [-0.2, -0.15) is 0 Å². The highest BCUT2D eigenvalue weighted by molar-refractivity contribution is 14.1. The Labute approximate surface area is 206 Å². The number of nitrogens with zero attached hydrogens (tertiary/aromatic N) is 6. The van der Waals surface area contributed by atoms with Gasteiger partial charge < -0.3 is 14.5 Å². The van der Waals surface area contributed by atoms with Crippen molar-refractivity contribution < 1.29 is 9.53 Å². The Bertz CT molecular complexity index is 1160. The van der Waals surface area contributed by atoms with E-state index in [1.165, 1.54) is 0 Å². The predicted molar refractivity (Wildman–Crippen MR) is 134 cm³/mol. The van der Waals surface area contributed by atoms with Gasteiger partial charge >= 0.3 is 6.09 Å². The number of amides is 1. The highest BCUT2D eigenvalue weighted by Gasteiger charge is 2.36. The van der Waals surface area contributed by atoms with Gasteiger partial charge in [-0.3, -0.25) is 4.57 Å². The van der Waals surface area contributed by atoms with E-state index in [-0.39, 0.29) is 18.2 Å². The lowest BCUT2D eigenvalue weighted by Gasteiger charge is -2.44. The third-order valence-electron chi connectivity index (χ3n) is 5.36. The van der Waals surface area contributed by atoms with Crippen LogP contribution >= 0.6 is 34.2 Å². The summed E-state index contributed by atoms with van der Waals surface area (Å²) in [6.07, 6.45) is 4.97. The van der Waals surface area contributed by atoms with E-state index in [1.54, 1.807) is 23.5 Å². The number of carbonyl (C=O) groups is 1. The molecule has 0 radical (unpaired) electrons. The quantitative estimate of drug-likeness (QED) is 0.409. The Morgan fingerprint density at radius 3 is 2.62 bits per heavy atom. The molecular weight excluding hydrogens is 543 g/mol. The third-order valence-corrected chi connectivity index (χ3v) is 6.41.